The maximum Gasteiger partial charge on any atom is 0.326 e. The van der Waals surface area contributed by atoms with Crippen LogP contribution in [0.3, 0.4) is 0 Å². The van der Waals surface area contributed by atoms with Crippen LogP contribution in [0.15, 0.2) is 24.3 Å². The summed E-state index contributed by atoms with van der Waals surface area (Å²) in [5.41, 5.74) is -0.184. The molecule has 0 aromatic heterocycles. The van der Waals surface area contributed by atoms with Crippen LogP contribution in [0.25, 0.3) is 0 Å². The Labute approximate surface area is 133 Å². The van der Waals surface area contributed by atoms with Crippen LogP contribution in [0.2, 0.25) is 0 Å². The monoisotopic (exact) mass is 324 g/mol. The van der Waals surface area contributed by atoms with Crippen LogP contribution in [0.5, 0.6) is 5.75 Å². The van der Waals surface area contributed by atoms with E-state index in [9.17, 15) is 19.7 Å². The molecular weight excluding hydrogens is 304 g/mol. The van der Waals surface area contributed by atoms with Gasteiger partial charge in [0, 0.05) is 6.07 Å². The predicted octanol–water partition coefficient (Wildman–Crippen LogP) is 1.98. The van der Waals surface area contributed by atoms with Crippen molar-refractivity contribution in [2.45, 2.75) is 32.7 Å². The van der Waals surface area contributed by atoms with E-state index in [1.54, 1.807) is 6.07 Å². The van der Waals surface area contributed by atoms with Gasteiger partial charge >= 0.3 is 11.7 Å². The Balaban J connectivity index is 2.51. The minimum atomic E-state index is -1.09. The highest BCUT2D eigenvalue weighted by Crippen LogP contribution is 2.25. The van der Waals surface area contributed by atoms with Crippen molar-refractivity contribution in [1.29, 1.82) is 0 Å². The van der Waals surface area contributed by atoms with Crippen molar-refractivity contribution in [1.82, 2.24) is 5.32 Å². The van der Waals surface area contributed by atoms with Gasteiger partial charge in [-0.1, -0.05) is 26.0 Å². The third-order valence-electron chi connectivity index (χ3n) is 2.99. The summed E-state index contributed by atoms with van der Waals surface area (Å²) in [6, 6.07) is 4.90. The van der Waals surface area contributed by atoms with E-state index < -0.39 is 22.8 Å². The molecule has 0 aliphatic carbocycles. The molecule has 1 atom stereocenters. The van der Waals surface area contributed by atoms with Gasteiger partial charge in [-0.05, 0) is 18.4 Å². The number of nitro benzene ring substituents is 1. The number of hydrogen-bond donors (Lipinski definition) is 2. The van der Waals surface area contributed by atoms with Crippen molar-refractivity contribution in [2.24, 2.45) is 5.92 Å². The van der Waals surface area contributed by atoms with Gasteiger partial charge in [-0.25, -0.2) is 4.79 Å². The summed E-state index contributed by atoms with van der Waals surface area (Å²) in [5, 5.41) is 22.3. The van der Waals surface area contributed by atoms with E-state index in [-0.39, 0.29) is 30.4 Å². The molecule has 0 unspecified atom stereocenters. The number of carbonyl (C=O) groups excluding carboxylic acids is 1. The standard InChI is InChI=1S/C15H20N2O6/c1-10(2)9-11(15(19)20)16-14(18)7-8-23-13-6-4-3-5-12(13)17(21)22/h3-6,10-11H,7-9H2,1-2H3,(H,16,18)(H,19,20)/t11-/m1/s1. The van der Waals surface area contributed by atoms with Crippen molar-refractivity contribution in [3.63, 3.8) is 0 Å². The molecule has 1 rings (SSSR count). The molecule has 0 aliphatic heterocycles. The number of rotatable bonds is 9. The zero-order valence-electron chi connectivity index (χ0n) is 13.0. The van der Waals surface area contributed by atoms with Gasteiger partial charge in [0.2, 0.25) is 5.91 Å². The molecule has 0 radical (unpaired) electrons. The van der Waals surface area contributed by atoms with Crippen LogP contribution in [-0.4, -0.2) is 34.6 Å². The maximum atomic E-state index is 11.8. The van der Waals surface area contributed by atoms with Crippen LogP contribution in [-0.2, 0) is 9.59 Å². The molecule has 0 spiro atoms. The minimum Gasteiger partial charge on any atom is -0.486 e. The summed E-state index contributed by atoms with van der Waals surface area (Å²) in [6.45, 7) is 3.64. The lowest BCUT2D eigenvalue weighted by molar-refractivity contribution is -0.385. The minimum absolute atomic E-state index is 0.0715. The van der Waals surface area contributed by atoms with Gasteiger partial charge in [-0.15, -0.1) is 0 Å². The fraction of sp³-hybridized carbons (Fsp3) is 0.467. The SMILES string of the molecule is CC(C)C[C@@H](NC(=O)CCOc1ccccc1[N+](=O)[O-])C(=O)O. The van der Waals surface area contributed by atoms with Crippen LogP contribution < -0.4 is 10.1 Å². The molecule has 1 amide bonds. The van der Waals surface area contributed by atoms with E-state index in [4.69, 9.17) is 9.84 Å². The molecule has 0 aliphatic rings. The van der Waals surface area contributed by atoms with E-state index in [1.807, 2.05) is 13.8 Å². The molecule has 0 heterocycles. The van der Waals surface area contributed by atoms with Crippen LogP contribution in [0, 0.1) is 16.0 Å². The molecule has 126 valence electrons. The van der Waals surface area contributed by atoms with Crippen LogP contribution >= 0.6 is 0 Å². The summed E-state index contributed by atoms with van der Waals surface area (Å²) in [5.74, 6) is -1.37. The number of carbonyl (C=O) groups is 2. The molecule has 0 saturated heterocycles. The number of benzene rings is 1. The van der Waals surface area contributed by atoms with Gasteiger partial charge in [0.15, 0.2) is 5.75 Å². The predicted molar refractivity (Wildman–Crippen MR) is 82.2 cm³/mol. The molecule has 8 nitrogen and oxygen atoms in total. The maximum absolute atomic E-state index is 11.8. The van der Waals surface area contributed by atoms with Crippen molar-refractivity contribution >= 4 is 17.6 Å². The number of amides is 1. The zero-order chi connectivity index (χ0) is 17.4. The quantitative estimate of drug-likeness (QED) is 0.529. The van der Waals surface area contributed by atoms with E-state index in [2.05, 4.69) is 5.32 Å². The normalized spacial score (nSPS) is 11.8. The first-order valence-corrected chi connectivity index (χ1v) is 7.19. The molecule has 1 aromatic rings. The van der Waals surface area contributed by atoms with Gasteiger partial charge in [0.05, 0.1) is 18.0 Å². The number of ether oxygens (including phenoxy) is 1. The average molecular weight is 324 g/mol. The fourth-order valence-corrected chi connectivity index (χ4v) is 1.94. The number of aliphatic carboxylic acids is 1. The van der Waals surface area contributed by atoms with E-state index in [0.29, 0.717) is 6.42 Å². The van der Waals surface area contributed by atoms with Crippen LogP contribution in [0.4, 0.5) is 5.69 Å². The molecule has 0 fully saturated rings. The smallest absolute Gasteiger partial charge is 0.326 e. The number of carboxylic acids is 1. The van der Waals surface area contributed by atoms with Crippen LogP contribution in [0.1, 0.15) is 26.7 Å². The second-order valence-electron chi connectivity index (χ2n) is 5.41. The van der Waals surface area contributed by atoms with Gasteiger partial charge < -0.3 is 15.2 Å². The van der Waals surface area contributed by atoms with Gasteiger partial charge in [0.25, 0.3) is 0 Å². The zero-order valence-corrected chi connectivity index (χ0v) is 13.0. The molecule has 8 heteroatoms. The Morgan fingerprint density at radius 1 is 1.35 bits per heavy atom. The highest BCUT2D eigenvalue weighted by atomic mass is 16.6. The van der Waals surface area contributed by atoms with Gasteiger partial charge in [0.1, 0.15) is 6.04 Å². The highest BCUT2D eigenvalue weighted by molar-refractivity contribution is 5.83. The average Bonchev–Trinajstić information content (AvgIpc) is 2.46. The second-order valence-corrected chi connectivity index (χ2v) is 5.41. The molecule has 2 N–H and O–H groups in total. The number of hydrogen-bond acceptors (Lipinski definition) is 5. The number of nitro groups is 1. The lowest BCUT2D eigenvalue weighted by Gasteiger charge is -2.16. The van der Waals surface area contributed by atoms with Gasteiger partial charge in [-0.2, -0.15) is 0 Å². The molecule has 23 heavy (non-hydrogen) atoms. The topological polar surface area (TPSA) is 119 Å². The van der Waals surface area contributed by atoms with Crippen molar-refractivity contribution in [3.8, 4) is 5.75 Å². The molecular formula is C15H20N2O6. The third kappa shape index (κ3) is 6.33. The number of carboxylic acid groups (broad SMARTS) is 1. The summed E-state index contributed by atoms with van der Waals surface area (Å²) < 4.78 is 5.24. The Kier molecular flexibility index (Phi) is 6.98. The molecule has 0 bridgehead atoms. The first kappa shape index (κ1) is 18.4. The van der Waals surface area contributed by atoms with Crippen molar-refractivity contribution in [3.05, 3.63) is 34.4 Å². The highest BCUT2D eigenvalue weighted by Gasteiger charge is 2.21. The molecule has 0 saturated carbocycles. The summed E-state index contributed by atoms with van der Waals surface area (Å²) in [4.78, 5) is 33.1. The number of para-hydroxylation sites is 2. The van der Waals surface area contributed by atoms with E-state index in [0.717, 1.165) is 0 Å². The van der Waals surface area contributed by atoms with Crippen molar-refractivity contribution in [2.75, 3.05) is 6.61 Å². The van der Waals surface area contributed by atoms with E-state index >= 15 is 0 Å². The van der Waals surface area contributed by atoms with E-state index in [1.165, 1.54) is 18.2 Å². The summed E-state index contributed by atoms with van der Waals surface area (Å²) in [7, 11) is 0. The first-order valence-electron chi connectivity index (χ1n) is 7.19. The number of nitrogens with zero attached hydrogens (tertiary/aromatic N) is 1. The Morgan fingerprint density at radius 2 is 2.00 bits per heavy atom. The first-order chi connectivity index (χ1) is 10.8. The summed E-state index contributed by atoms with van der Waals surface area (Å²) >= 11 is 0. The Bertz CT molecular complexity index is 573. The molecule has 1 aromatic carbocycles. The van der Waals surface area contributed by atoms with Crippen molar-refractivity contribution < 1.29 is 24.4 Å². The largest absolute Gasteiger partial charge is 0.486 e. The lowest BCUT2D eigenvalue weighted by Crippen LogP contribution is -2.42. The number of nitrogens with one attached hydrogen (secondary N) is 1. The summed E-state index contributed by atoms with van der Waals surface area (Å²) in [6.07, 6.45) is 0.236. The third-order valence-corrected chi connectivity index (χ3v) is 2.99. The Hall–Kier alpha value is -2.64. The van der Waals surface area contributed by atoms with Gasteiger partial charge in [-0.3, -0.25) is 14.9 Å². The second kappa shape index (κ2) is 8.72. The lowest BCUT2D eigenvalue weighted by atomic mass is 10.0. The fourth-order valence-electron chi connectivity index (χ4n) is 1.94. The Morgan fingerprint density at radius 3 is 2.57 bits per heavy atom.